The highest BCUT2D eigenvalue weighted by Crippen LogP contribution is 2.52. The quantitative estimate of drug-likeness (QED) is 0.609. The Bertz CT molecular complexity index is 131. The normalized spacial score (nSPS) is 26.1. The highest BCUT2D eigenvalue weighted by molar-refractivity contribution is 4.97. The third kappa shape index (κ3) is 1.26. The first-order valence-corrected chi connectivity index (χ1v) is 3.11. The Morgan fingerprint density at radius 3 is 1.90 bits per heavy atom. The largest absolute Gasteiger partial charge is 0.414 e. The van der Waals surface area contributed by atoms with Crippen molar-refractivity contribution in [1.29, 1.82) is 0 Å². The lowest BCUT2D eigenvalue weighted by atomic mass is 10.0. The third-order valence-corrected chi connectivity index (χ3v) is 2.01. The lowest BCUT2D eigenvalue weighted by molar-refractivity contribution is -0.222. The Labute approximate surface area is 56.8 Å². The van der Waals surface area contributed by atoms with E-state index in [1.807, 2.05) is 0 Å². The molecule has 0 aromatic carbocycles. The van der Waals surface area contributed by atoms with Gasteiger partial charge in [-0.2, -0.15) is 13.2 Å². The predicted octanol–water partition coefficient (Wildman–Crippen LogP) is 1.71. The Morgan fingerprint density at radius 2 is 1.80 bits per heavy atom. The first kappa shape index (κ1) is 7.85. The van der Waals surface area contributed by atoms with Crippen molar-refractivity contribution in [2.45, 2.75) is 32.0 Å². The van der Waals surface area contributed by atoms with Crippen LogP contribution in [-0.4, -0.2) is 17.4 Å². The van der Waals surface area contributed by atoms with E-state index in [0.29, 0.717) is 12.8 Å². The smallest absolute Gasteiger partial charge is 0.383 e. The molecule has 60 valence electrons. The molecule has 0 saturated heterocycles. The van der Waals surface area contributed by atoms with E-state index in [1.165, 1.54) is 6.92 Å². The van der Waals surface area contributed by atoms with E-state index >= 15 is 0 Å². The molecule has 0 amide bonds. The molecule has 1 aliphatic carbocycles. The van der Waals surface area contributed by atoms with E-state index in [9.17, 15) is 13.2 Å². The van der Waals surface area contributed by atoms with Gasteiger partial charge in [-0.15, -0.1) is 0 Å². The summed E-state index contributed by atoms with van der Waals surface area (Å²) in [7, 11) is 0. The molecule has 1 saturated carbocycles. The fourth-order valence-electron chi connectivity index (χ4n) is 0.866. The minimum absolute atomic E-state index is 0.480. The molecule has 0 aromatic rings. The van der Waals surface area contributed by atoms with Gasteiger partial charge >= 0.3 is 6.18 Å². The van der Waals surface area contributed by atoms with Crippen molar-refractivity contribution in [3.63, 3.8) is 0 Å². The van der Waals surface area contributed by atoms with Crippen molar-refractivity contribution in [1.82, 2.24) is 0 Å². The summed E-state index contributed by atoms with van der Waals surface area (Å²) in [5.74, 6) is 0. The van der Waals surface area contributed by atoms with Crippen LogP contribution in [0.5, 0.6) is 0 Å². The Balaban J connectivity index is 2.57. The summed E-state index contributed by atoms with van der Waals surface area (Å²) >= 11 is 0. The fraction of sp³-hybridized carbons (Fsp3) is 1.00. The van der Waals surface area contributed by atoms with Gasteiger partial charge in [0.25, 0.3) is 0 Å². The van der Waals surface area contributed by atoms with Gasteiger partial charge in [-0.05, 0) is 12.8 Å². The van der Waals surface area contributed by atoms with E-state index in [1.54, 1.807) is 0 Å². The van der Waals surface area contributed by atoms with Crippen molar-refractivity contribution in [3.05, 3.63) is 0 Å². The minimum Gasteiger partial charge on any atom is -0.383 e. The monoisotopic (exact) mass is 154 g/mol. The van der Waals surface area contributed by atoms with E-state index in [4.69, 9.17) is 5.11 Å². The molecule has 1 N–H and O–H groups in total. The highest BCUT2D eigenvalue weighted by Gasteiger charge is 2.56. The number of hydrogen-bond donors (Lipinski definition) is 1. The average Bonchev–Trinajstić information content (AvgIpc) is 2.45. The van der Waals surface area contributed by atoms with Gasteiger partial charge in [0.15, 0.2) is 6.10 Å². The first-order chi connectivity index (χ1) is 4.36. The van der Waals surface area contributed by atoms with Gasteiger partial charge in [0, 0.05) is 5.41 Å². The standard InChI is InChI=1S/C6H9F3O/c1-5(2-3-5)4(10)6(7,8)9/h4,10H,2-3H2,1H3. The summed E-state index contributed by atoms with van der Waals surface area (Å²) in [6, 6.07) is 0. The van der Waals surface area contributed by atoms with Crippen molar-refractivity contribution in [2.75, 3.05) is 0 Å². The van der Waals surface area contributed by atoms with Crippen LogP contribution in [0.4, 0.5) is 13.2 Å². The fourth-order valence-corrected chi connectivity index (χ4v) is 0.866. The zero-order valence-corrected chi connectivity index (χ0v) is 5.57. The summed E-state index contributed by atoms with van der Waals surface area (Å²) in [4.78, 5) is 0. The van der Waals surface area contributed by atoms with Crippen LogP contribution in [0.15, 0.2) is 0 Å². The van der Waals surface area contributed by atoms with Gasteiger partial charge in [0.2, 0.25) is 0 Å². The maximum absolute atomic E-state index is 11.7. The van der Waals surface area contributed by atoms with Crippen molar-refractivity contribution in [3.8, 4) is 0 Å². The number of aliphatic hydroxyl groups is 1. The molecule has 0 aliphatic heterocycles. The van der Waals surface area contributed by atoms with Crippen LogP contribution >= 0.6 is 0 Å². The van der Waals surface area contributed by atoms with Gasteiger partial charge in [0.05, 0.1) is 0 Å². The van der Waals surface area contributed by atoms with E-state index < -0.39 is 17.7 Å². The highest BCUT2D eigenvalue weighted by atomic mass is 19.4. The molecule has 0 spiro atoms. The van der Waals surface area contributed by atoms with Crippen LogP contribution < -0.4 is 0 Å². The topological polar surface area (TPSA) is 20.2 Å². The van der Waals surface area contributed by atoms with E-state index in [0.717, 1.165) is 0 Å². The summed E-state index contributed by atoms with van der Waals surface area (Å²) in [6.07, 6.45) is -5.60. The molecule has 1 rings (SSSR count). The second-order valence-corrected chi connectivity index (χ2v) is 3.10. The summed E-state index contributed by atoms with van der Waals surface area (Å²) in [6.45, 7) is 1.45. The Kier molecular flexibility index (Phi) is 1.47. The van der Waals surface area contributed by atoms with Gasteiger partial charge in [-0.25, -0.2) is 0 Å². The van der Waals surface area contributed by atoms with E-state index in [2.05, 4.69) is 0 Å². The molecule has 0 bridgehead atoms. The molecular formula is C6H9F3O. The third-order valence-electron chi connectivity index (χ3n) is 2.01. The average molecular weight is 154 g/mol. The minimum atomic E-state index is -4.44. The molecule has 0 radical (unpaired) electrons. The first-order valence-electron chi connectivity index (χ1n) is 3.11. The molecule has 0 heterocycles. The van der Waals surface area contributed by atoms with Crippen molar-refractivity contribution < 1.29 is 18.3 Å². The van der Waals surface area contributed by atoms with Crippen LogP contribution in [0.2, 0.25) is 0 Å². The summed E-state index contributed by atoms with van der Waals surface area (Å²) < 4.78 is 35.2. The molecule has 4 heteroatoms. The molecular weight excluding hydrogens is 145 g/mol. The number of halogens is 3. The summed E-state index contributed by atoms with van der Waals surface area (Å²) in [5, 5.41) is 8.66. The maximum atomic E-state index is 11.7. The molecule has 10 heavy (non-hydrogen) atoms. The van der Waals surface area contributed by atoms with Gasteiger partial charge in [0.1, 0.15) is 0 Å². The van der Waals surface area contributed by atoms with Crippen LogP contribution in [0, 0.1) is 5.41 Å². The molecule has 1 aliphatic rings. The van der Waals surface area contributed by atoms with Crippen LogP contribution in [-0.2, 0) is 0 Å². The number of rotatable bonds is 1. The molecule has 1 nitrogen and oxygen atoms in total. The zero-order chi connectivity index (χ0) is 7.99. The van der Waals surface area contributed by atoms with Gasteiger partial charge < -0.3 is 5.11 Å². The van der Waals surface area contributed by atoms with Crippen LogP contribution in [0.3, 0.4) is 0 Å². The van der Waals surface area contributed by atoms with Crippen molar-refractivity contribution in [2.24, 2.45) is 5.41 Å². The SMILES string of the molecule is CC1(C(O)C(F)(F)F)CC1. The van der Waals surface area contributed by atoms with Gasteiger partial charge in [-0.3, -0.25) is 0 Å². The van der Waals surface area contributed by atoms with Crippen LogP contribution in [0.1, 0.15) is 19.8 Å². The number of aliphatic hydroxyl groups excluding tert-OH is 1. The predicted molar refractivity (Wildman–Crippen MR) is 29.4 cm³/mol. The van der Waals surface area contributed by atoms with Crippen molar-refractivity contribution >= 4 is 0 Å². The summed E-state index contributed by atoms with van der Waals surface area (Å²) in [5.41, 5.74) is -0.877. The number of hydrogen-bond acceptors (Lipinski definition) is 1. The van der Waals surface area contributed by atoms with E-state index in [-0.39, 0.29) is 0 Å². The number of alkyl halides is 3. The molecule has 1 atom stereocenters. The second kappa shape index (κ2) is 1.87. The molecule has 0 aromatic heterocycles. The maximum Gasteiger partial charge on any atom is 0.414 e. The van der Waals surface area contributed by atoms with Crippen LogP contribution in [0.25, 0.3) is 0 Å². The van der Waals surface area contributed by atoms with Gasteiger partial charge in [-0.1, -0.05) is 6.92 Å². The Morgan fingerprint density at radius 1 is 1.40 bits per heavy atom. The molecule has 1 fully saturated rings. The Hall–Kier alpha value is -0.250. The zero-order valence-electron chi connectivity index (χ0n) is 5.57. The lowest BCUT2D eigenvalue weighted by Gasteiger charge is -2.19. The second-order valence-electron chi connectivity index (χ2n) is 3.10. The molecule has 1 unspecified atom stereocenters. The lowest BCUT2D eigenvalue weighted by Crippen LogP contribution is -2.35.